The number of anilines is 2. The topological polar surface area (TPSA) is 92.7 Å². The Hall–Kier alpha value is -3.72. The number of hydrogen-bond donors (Lipinski definition) is 1. The highest BCUT2D eigenvalue weighted by molar-refractivity contribution is 6.09. The van der Waals surface area contributed by atoms with Crippen LogP contribution in [0.2, 0.25) is 0 Å². The molecular weight excluding hydrogens is 408 g/mol. The fourth-order valence-corrected chi connectivity index (χ4v) is 3.58. The molecule has 0 fully saturated rings. The van der Waals surface area contributed by atoms with Crippen LogP contribution in [0.3, 0.4) is 0 Å². The molecular formula is C23H26N6O3. The second-order valence-electron chi connectivity index (χ2n) is 7.42. The van der Waals surface area contributed by atoms with Gasteiger partial charge in [0.15, 0.2) is 5.75 Å². The van der Waals surface area contributed by atoms with Crippen LogP contribution in [0.5, 0.6) is 11.6 Å². The maximum atomic E-state index is 13.0. The van der Waals surface area contributed by atoms with Crippen molar-refractivity contribution < 1.29 is 14.3 Å². The first-order chi connectivity index (χ1) is 15.5. The fourth-order valence-electron chi connectivity index (χ4n) is 3.58. The van der Waals surface area contributed by atoms with Gasteiger partial charge in [0.25, 0.3) is 11.8 Å². The van der Waals surface area contributed by atoms with Crippen LogP contribution in [0.25, 0.3) is 11.3 Å². The van der Waals surface area contributed by atoms with Crippen molar-refractivity contribution in [2.45, 2.75) is 6.54 Å². The predicted octanol–water partition coefficient (Wildman–Crippen LogP) is 2.37. The maximum absolute atomic E-state index is 13.0. The monoisotopic (exact) mass is 434 g/mol. The highest BCUT2D eigenvalue weighted by Crippen LogP contribution is 2.32. The molecule has 166 valence electrons. The Morgan fingerprint density at radius 2 is 1.97 bits per heavy atom. The molecule has 0 unspecified atom stereocenters. The molecule has 0 aliphatic carbocycles. The van der Waals surface area contributed by atoms with Gasteiger partial charge in [0.2, 0.25) is 0 Å². The molecule has 32 heavy (non-hydrogen) atoms. The van der Waals surface area contributed by atoms with E-state index in [1.54, 1.807) is 31.5 Å². The van der Waals surface area contributed by atoms with E-state index in [4.69, 9.17) is 14.5 Å². The van der Waals surface area contributed by atoms with E-state index >= 15 is 0 Å². The number of nitrogens with zero attached hydrogens (tertiary/aromatic N) is 5. The fraction of sp³-hybridized carbons (Fsp3) is 0.304. The Balaban J connectivity index is 1.55. The molecule has 1 aliphatic rings. The molecule has 4 heterocycles. The Bertz CT molecular complexity index is 1120. The van der Waals surface area contributed by atoms with E-state index in [-0.39, 0.29) is 5.91 Å². The Morgan fingerprint density at radius 3 is 2.66 bits per heavy atom. The molecule has 0 radical (unpaired) electrons. The number of carbonyl (C=O) groups is 1. The number of nitrogens with one attached hydrogen (secondary N) is 1. The summed E-state index contributed by atoms with van der Waals surface area (Å²) in [5.41, 5.74) is 3.56. The van der Waals surface area contributed by atoms with Crippen LogP contribution in [-0.4, -0.2) is 62.3 Å². The average molecular weight is 435 g/mol. The summed E-state index contributed by atoms with van der Waals surface area (Å²) in [6, 6.07) is 9.30. The molecule has 1 amide bonds. The number of pyridine rings is 3. The third-order valence-electron chi connectivity index (χ3n) is 5.42. The number of fused-ring (bicyclic) bond motifs is 1. The zero-order chi connectivity index (χ0) is 22.7. The van der Waals surface area contributed by atoms with Crippen molar-refractivity contribution in [3.8, 4) is 22.9 Å². The van der Waals surface area contributed by atoms with Gasteiger partial charge in [-0.1, -0.05) is 0 Å². The third-order valence-corrected chi connectivity index (χ3v) is 5.42. The highest BCUT2D eigenvalue weighted by atomic mass is 16.5. The minimum Gasteiger partial charge on any atom is -0.491 e. The summed E-state index contributed by atoms with van der Waals surface area (Å²) in [6.07, 6.45) is 3.41. The third kappa shape index (κ3) is 4.06. The van der Waals surface area contributed by atoms with E-state index < -0.39 is 0 Å². The first kappa shape index (κ1) is 21.5. The van der Waals surface area contributed by atoms with Gasteiger partial charge in [0, 0.05) is 31.9 Å². The molecule has 9 nitrogen and oxygen atoms in total. The van der Waals surface area contributed by atoms with E-state index in [9.17, 15) is 4.79 Å². The first-order valence-electron chi connectivity index (χ1n) is 10.3. The lowest BCUT2D eigenvalue weighted by atomic mass is 10.1. The summed E-state index contributed by atoms with van der Waals surface area (Å²) in [4.78, 5) is 30.3. The molecule has 1 aliphatic heterocycles. The van der Waals surface area contributed by atoms with Gasteiger partial charge in [-0.25, -0.2) is 9.97 Å². The molecule has 3 aromatic heterocycles. The van der Waals surface area contributed by atoms with Gasteiger partial charge in [-0.2, -0.15) is 0 Å². The minimum absolute atomic E-state index is 0.0809. The molecule has 0 saturated heterocycles. The quantitative estimate of drug-likeness (QED) is 0.578. The second-order valence-corrected chi connectivity index (χ2v) is 7.42. The number of amides is 1. The van der Waals surface area contributed by atoms with Gasteiger partial charge >= 0.3 is 0 Å². The predicted molar refractivity (Wildman–Crippen MR) is 123 cm³/mol. The Labute approximate surface area is 187 Å². The molecule has 0 aromatic carbocycles. The van der Waals surface area contributed by atoms with Crippen LogP contribution in [0.15, 0.2) is 42.7 Å². The molecule has 0 spiro atoms. The number of likely N-dealkylation sites (N-methyl/N-ethyl adjacent to an activating group) is 2. The summed E-state index contributed by atoms with van der Waals surface area (Å²) in [5.74, 6) is 1.71. The van der Waals surface area contributed by atoms with E-state index in [1.165, 1.54) is 0 Å². The van der Waals surface area contributed by atoms with E-state index in [0.717, 1.165) is 35.9 Å². The number of hydrogen-bond acceptors (Lipinski definition) is 8. The van der Waals surface area contributed by atoms with Gasteiger partial charge in [0.1, 0.15) is 5.82 Å². The van der Waals surface area contributed by atoms with Gasteiger partial charge < -0.3 is 24.6 Å². The van der Waals surface area contributed by atoms with Gasteiger partial charge in [-0.3, -0.25) is 9.78 Å². The summed E-state index contributed by atoms with van der Waals surface area (Å²) in [6.45, 7) is 2.09. The zero-order valence-electron chi connectivity index (χ0n) is 18.6. The standard InChI is InChI=1S/C23H26N6O3/c1-24-9-10-28(2)21-8-5-16(13-25-21)29-14-19-17(23(29)30)6-7-18(27-19)15-11-20(31-3)22(32-4)26-12-15/h5-8,11-13,24H,9-10,14H2,1-4H3. The number of methoxy groups -OCH3 is 2. The zero-order valence-corrected chi connectivity index (χ0v) is 18.6. The van der Waals surface area contributed by atoms with Crippen LogP contribution >= 0.6 is 0 Å². The molecule has 0 saturated carbocycles. The number of ether oxygens (including phenoxy) is 2. The summed E-state index contributed by atoms with van der Waals surface area (Å²) in [7, 11) is 7.01. The summed E-state index contributed by atoms with van der Waals surface area (Å²) >= 11 is 0. The highest BCUT2D eigenvalue weighted by Gasteiger charge is 2.30. The number of carbonyl (C=O) groups excluding carboxylic acids is 1. The summed E-state index contributed by atoms with van der Waals surface area (Å²) in [5, 5.41) is 3.12. The molecule has 4 rings (SSSR count). The molecule has 0 atom stereocenters. The van der Waals surface area contributed by atoms with Crippen LogP contribution in [0.1, 0.15) is 16.1 Å². The van der Waals surface area contributed by atoms with Gasteiger partial charge in [-0.05, 0) is 37.4 Å². The lowest BCUT2D eigenvalue weighted by Crippen LogP contribution is -2.28. The molecule has 0 bridgehead atoms. The van der Waals surface area contributed by atoms with Crippen LogP contribution in [0.4, 0.5) is 11.5 Å². The van der Waals surface area contributed by atoms with E-state index in [1.807, 2.05) is 44.4 Å². The van der Waals surface area contributed by atoms with Crippen molar-refractivity contribution in [3.63, 3.8) is 0 Å². The second kappa shape index (κ2) is 9.19. The van der Waals surface area contributed by atoms with Crippen LogP contribution in [0, 0.1) is 0 Å². The van der Waals surface area contributed by atoms with Crippen molar-refractivity contribution >= 4 is 17.4 Å². The number of rotatable bonds is 8. The van der Waals surface area contributed by atoms with Crippen molar-refractivity contribution in [2.75, 3.05) is 51.2 Å². The van der Waals surface area contributed by atoms with Crippen molar-refractivity contribution in [2.24, 2.45) is 0 Å². The van der Waals surface area contributed by atoms with Crippen molar-refractivity contribution in [1.29, 1.82) is 0 Å². The average Bonchev–Trinajstić information content (AvgIpc) is 3.17. The van der Waals surface area contributed by atoms with E-state index in [2.05, 4.69) is 20.2 Å². The smallest absolute Gasteiger partial charge is 0.260 e. The van der Waals surface area contributed by atoms with Crippen LogP contribution in [-0.2, 0) is 6.54 Å². The lowest BCUT2D eigenvalue weighted by Gasteiger charge is -2.20. The lowest BCUT2D eigenvalue weighted by molar-refractivity contribution is 0.0996. The molecule has 9 heteroatoms. The molecule has 1 N–H and O–H groups in total. The Kier molecular flexibility index (Phi) is 6.18. The number of aromatic nitrogens is 3. The van der Waals surface area contributed by atoms with Crippen molar-refractivity contribution in [1.82, 2.24) is 20.3 Å². The van der Waals surface area contributed by atoms with Gasteiger partial charge in [0.05, 0.1) is 49.6 Å². The Morgan fingerprint density at radius 1 is 1.12 bits per heavy atom. The van der Waals surface area contributed by atoms with E-state index in [0.29, 0.717) is 29.4 Å². The molecule has 3 aromatic rings. The SMILES string of the molecule is CNCCN(C)c1ccc(N2Cc3nc(-c4cnc(OC)c(OC)c4)ccc3C2=O)cn1. The maximum Gasteiger partial charge on any atom is 0.260 e. The first-order valence-corrected chi connectivity index (χ1v) is 10.3. The van der Waals surface area contributed by atoms with Crippen molar-refractivity contribution in [3.05, 3.63) is 54.0 Å². The van der Waals surface area contributed by atoms with Gasteiger partial charge in [-0.15, -0.1) is 0 Å². The normalized spacial score (nSPS) is 12.6. The summed E-state index contributed by atoms with van der Waals surface area (Å²) < 4.78 is 10.5. The minimum atomic E-state index is -0.0809. The van der Waals surface area contributed by atoms with Crippen LogP contribution < -0.4 is 24.6 Å². The largest absolute Gasteiger partial charge is 0.491 e.